The second kappa shape index (κ2) is 6.26. The highest BCUT2D eigenvalue weighted by atomic mass is 35.5. The molecule has 1 saturated heterocycles. The molecule has 2 rings (SSSR count). The summed E-state index contributed by atoms with van der Waals surface area (Å²) in [7, 11) is 0. The third-order valence-corrected chi connectivity index (χ3v) is 2.54. The van der Waals surface area contributed by atoms with Crippen LogP contribution >= 0.6 is 12.4 Å². The lowest BCUT2D eigenvalue weighted by atomic mass is 10.1. The summed E-state index contributed by atoms with van der Waals surface area (Å²) in [5.41, 5.74) is 0.791. The molecule has 1 aliphatic heterocycles. The van der Waals surface area contributed by atoms with E-state index in [2.05, 4.69) is 15.4 Å². The quantitative estimate of drug-likeness (QED) is 0.873. The SMILES string of the molecule is Cl.FC(F)(F)Oc1cccc([C@@H]2CNCCN2)c1. The van der Waals surface area contributed by atoms with Crippen LogP contribution in [0.1, 0.15) is 11.6 Å². The number of nitrogens with one attached hydrogen (secondary N) is 2. The van der Waals surface area contributed by atoms with Crippen LogP contribution < -0.4 is 15.4 Å². The number of hydrogen-bond donors (Lipinski definition) is 2. The van der Waals surface area contributed by atoms with Gasteiger partial charge >= 0.3 is 6.36 Å². The van der Waals surface area contributed by atoms with Gasteiger partial charge in [0, 0.05) is 25.7 Å². The molecule has 1 aromatic carbocycles. The summed E-state index contributed by atoms with van der Waals surface area (Å²) in [6.07, 6.45) is -4.64. The van der Waals surface area contributed by atoms with Crippen LogP contribution in [0.2, 0.25) is 0 Å². The lowest BCUT2D eigenvalue weighted by Crippen LogP contribution is -2.42. The van der Waals surface area contributed by atoms with Gasteiger partial charge in [0.1, 0.15) is 5.75 Å². The monoisotopic (exact) mass is 282 g/mol. The molecule has 1 atom stereocenters. The average Bonchev–Trinajstić information content (AvgIpc) is 2.28. The second-order valence-electron chi connectivity index (χ2n) is 3.83. The van der Waals surface area contributed by atoms with E-state index < -0.39 is 6.36 Å². The average molecular weight is 283 g/mol. The third kappa shape index (κ3) is 4.36. The van der Waals surface area contributed by atoms with Crippen molar-refractivity contribution in [2.24, 2.45) is 0 Å². The Balaban J connectivity index is 0.00000162. The second-order valence-corrected chi connectivity index (χ2v) is 3.83. The molecular weight excluding hydrogens is 269 g/mol. The van der Waals surface area contributed by atoms with E-state index in [-0.39, 0.29) is 24.2 Å². The Morgan fingerprint density at radius 2 is 2.00 bits per heavy atom. The standard InChI is InChI=1S/C11H13F3N2O.ClH/c12-11(13,14)17-9-3-1-2-8(6-9)10-7-15-4-5-16-10;/h1-3,6,10,15-16H,4-5,7H2;1H/t10-;/m0./s1. The predicted molar refractivity (Wildman–Crippen MR) is 64.0 cm³/mol. The molecule has 0 aliphatic carbocycles. The summed E-state index contributed by atoms with van der Waals surface area (Å²) in [4.78, 5) is 0. The van der Waals surface area contributed by atoms with E-state index in [1.165, 1.54) is 12.1 Å². The van der Waals surface area contributed by atoms with E-state index in [4.69, 9.17) is 0 Å². The zero-order valence-corrected chi connectivity index (χ0v) is 10.3. The van der Waals surface area contributed by atoms with Gasteiger partial charge < -0.3 is 15.4 Å². The van der Waals surface area contributed by atoms with Crippen LogP contribution in [-0.2, 0) is 0 Å². The van der Waals surface area contributed by atoms with Gasteiger partial charge in [-0.05, 0) is 17.7 Å². The van der Waals surface area contributed by atoms with Gasteiger partial charge in [-0.15, -0.1) is 25.6 Å². The van der Waals surface area contributed by atoms with Crippen molar-refractivity contribution in [2.75, 3.05) is 19.6 Å². The molecular formula is C11H14ClF3N2O. The van der Waals surface area contributed by atoms with E-state index in [1.54, 1.807) is 12.1 Å². The van der Waals surface area contributed by atoms with Gasteiger partial charge in [-0.3, -0.25) is 0 Å². The number of benzene rings is 1. The molecule has 1 heterocycles. The first-order chi connectivity index (χ1) is 8.04. The Bertz CT molecular complexity index is 381. The highest BCUT2D eigenvalue weighted by Crippen LogP contribution is 2.25. The van der Waals surface area contributed by atoms with E-state index in [1.807, 2.05) is 0 Å². The van der Waals surface area contributed by atoms with Crippen LogP contribution in [0.3, 0.4) is 0 Å². The first-order valence-electron chi connectivity index (χ1n) is 5.34. The normalized spacial score (nSPS) is 20.1. The largest absolute Gasteiger partial charge is 0.573 e. The number of halogens is 4. The fourth-order valence-electron chi connectivity index (χ4n) is 1.82. The Morgan fingerprint density at radius 1 is 1.22 bits per heavy atom. The van der Waals surface area contributed by atoms with Crippen LogP contribution in [0.5, 0.6) is 5.75 Å². The summed E-state index contributed by atoms with van der Waals surface area (Å²) >= 11 is 0. The Hall–Kier alpha value is -0.980. The van der Waals surface area contributed by atoms with Crippen molar-refractivity contribution in [3.05, 3.63) is 29.8 Å². The van der Waals surface area contributed by atoms with Gasteiger partial charge in [-0.1, -0.05) is 12.1 Å². The van der Waals surface area contributed by atoms with Crippen molar-refractivity contribution in [2.45, 2.75) is 12.4 Å². The van der Waals surface area contributed by atoms with Crippen molar-refractivity contribution in [3.63, 3.8) is 0 Å². The summed E-state index contributed by atoms with van der Waals surface area (Å²) in [6.45, 7) is 2.37. The summed E-state index contributed by atoms with van der Waals surface area (Å²) < 4.78 is 40.1. The molecule has 1 fully saturated rings. The fourth-order valence-corrected chi connectivity index (χ4v) is 1.82. The molecule has 0 saturated carbocycles. The van der Waals surface area contributed by atoms with Gasteiger partial charge in [0.15, 0.2) is 0 Å². The molecule has 1 aliphatic rings. The lowest BCUT2D eigenvalue weighted by molar-refractivity contribution is -0.274. The topological polar surface area (TPSA) is 33.3 Å². The van der Waals surface area contributed by atoms with Gasteiger partial charge in [-0.25, -0.2) is 0 Å². The summed E-state index contributed by atoms with van der Waals surface area (Å²) in [6, 6.07) is 6.09. The number of rotatable bonds is 2. The maximum absolute atomic E-state index is 12.1. The van der Waals surface area contributed by atoms with Crippen molar-refractivity contribution < 1.29 is 17.9 Å². The van der Waals surface area contributed by atoms with Gasteiger partial charge in [0.05, 0.1) is 0 Å². The molecule has 0 aromatic heterocycles. The maximum Gasteiger partial charge on any atom is 0.573 e. The van der Waals surface area contributed by atoms with Crippen LogP contribution in [0, 0.1) is 0 Å². The molecule has 102 valence electrons. The summed E-state index contributed by atoms with van der Waals surface area (Å²) in [5.74, 6) is -0.178. The molecule has 0 unspecified atom stereocenters. The smallest absolute Gasteiger partial charge is 0.406 e. The number of alkyl halides is 3. The van der Waals surface area contributed by atoms with Crippen LogP contribution in [0.4, 0.5) is 13.2 Å². The van der Waals surface area contributed by atoms with Crippen LogP contribution in [0.15, 0.2) is 24.3 Å². The molecule has 0 spiro atoms. The number of hydrogen-bond acceptors (Lipinski definition) is 3. The van der Waals surface area contributed by atoms with Gasteiger partial charge in [0.25, 0.3) is 0 Å². The van der Waals surface area contributed by atoms with Crippen molar-refractivity contribution in [3.8, 4) is 5.75 Å². The first-order valence-corrected chi connectivity index (χ1v) is 5.34. The number of ether oxygens (including phenoxy) is 1. The minimum atomic E-state index is -4.64. The van der Waals surface area contributed by atoms with E-state index in [9.17, 15) is 13.2 Å². The Kier molecular flexibility index (Phi) is 5.25. The van der Waals surface area contributed by atoms with Crippen molar-refractivity contribution >= 4 is 12.4 Å². The Labute approximate surface area is 109 Å². The molecule has 0 bridgehead atoms. The molecule has 18 heavy (non-hydrogen) atoms. The Morgan fingerprint density at radius 3 is 2.61 bits per heavy atom. The van der Waals surface area contributed by atoms with Crippen LogP contribution in [-0.4, -0.2) is 26.0 Å². The number of piperazine rings is 1. The van der Waals surface area contributed by atoms with E-state index >= 15 is 0 Å². The fraction of sp³-hybridized carbons (Fsp3) is 0.455. The maximum atomic E-state index is 12.1. The zero-order valence-electron chi connectivity index (χ0n) is 9.46. The van der Waals surface area contributed by atoms with Gasteiger partial charge in [0.2, 0.25) is 0 Å². The van der Waals surface area contributed by atoms with Crippen molar-refractivity contribution in [1.29, 1.82) is 0 Å². The molecule has 0 radical (unpaired) electrons. The van der Waals surface area contributed by atoms with E-state index in [0.29, 0.717) is 6.54 Å². The molecule has 1 aromatic rings. The molecule has 3 nitrogen and oxygen atoms in total. The van der Waals surface area contributed by atoms with Crippen LogP contribution in [0.25, 0.3) is 0 Å². The van der Waals surface area contributed by atoms with Gasteiger partial charge in [-0.2, -0.15) is 0 Å². The highest BCUT2D eigenvalue weighted by Gasteiger charge is 2.31. The molecule has 0 amide bonds. The van der Waals surface area contributed by atoms with Crippen molar-refractivity contribution in [1.82, 2.24) is 10.6 Å². The minimum Gasteiger partial charge on any atom is -0.406 e. The first kappa shape index (κ1) is 15.1. The minimum absolute atomic E-state index is 0. The lowest BCUT2D eigenvalue weighted by Gasteiger charge is -2.25. The third-order valence-electron chi connectivity index (χ3n) is 2.54. The molecule has 7 heteroatoms. The highest BCUT2D eigenvalue weighted by molar-refractivity contribution is 5.85. The van der Waals surface area contributed by atoms with E-state index in [0.717, 1.165) is 18.7 Å². The summed E-state index contributed by atoms with van der Waals surface area (Å²) in [5, 5.41) is 6.40. The molecule has 2 N–H and O–H groups in total. The predicted octanol–water partition coefficient (Wildman–Crippen LogP) is 2.24. The zero-order chi connectivity index (χ0) is 12.3.